The molecule has 5 heteroatoms. The summed E-state index contributed by atoms with van der Waals surface area (Å²) in [7, 11) is 0. The molecule has 96 valence electrons. The lowest BCUT2D eigenvalue weighted by atomic mass is 10.0. The molecule has 1 aromatic rings. The summed E-state index contributed by atoms with van der Waals surface area (Å²) >= 11 is 0. The molecule has 5 nitrogen and oxygen atoms in total. The summed E-state index contributed by atoms with van der Waals surface area (Å²) in [6.45, 7) is 2.81. The average Bonchev–Trinajstić information content (AvgIpc) is 2.95. The minimum Gasteiger partial charge on any atom is -0.506 e. The number of benzene rings is 1. The fourth-order valence-corrected chi connectivity index (χ4v) is 2.26. The molecule has 0 saturated carbocycles. The lowest BCUT2D eigenvalue weighted by Crippen LogP contribution is -2.28. The molecule has 1 saturated heterocycles. The van der Waals surface area contributed by atoms with E-state index in [1.54, 1.807) is 12.1 Å². The van der Waals surface area contributed by atoms with Gasteiger partial charge >= 0.3 is 5.91 Å². The standard InChI is InChI=1S/C14H12N2O3/c1-8-2-4-9(5-3-8)11(17)10-12(18)14(19)16-7-6-15-13(10)16/h2-5,17H,6-7H2,1H3/b11-10+. The number of amides is 1. The maximum atomic E-state index is 11.9. The number of ketones is 1. The van der Waals surface area contributed by atoms with E-state index in [-0.39, 0.29) is 11.3 Å². The number of aliphatic hydroxyl groups excluding tert-OH is 1. The summed E-state index contributed by atoms with van der Waals surface area (Å²) in [6.07, 6.45) is 0. The van der Waals surface area contributed by atoms with E-state index in [9.17, 15) is 14.7 Å². The number of fused-ring (bicyclic) bond motifs is 1. The molecule has 1 aromatic carbocycles. The van der Waals surface area contributed by atoms with Crippen LogP contribution in [0.15, 0.2) is 34.8 Å². The van der Waals surface area contributed by atoms with Crippen molar-refractivity contribution in [3.05, 3.63) is 41.0 Å². The number of hydrogen-bond donors (Lipinski definition) is 1. The molecule has 0 atom stereocenters. The fourth-order valence-electron chi connectivity index (χ4n) is 2.26. The molecule has 1 N–H and O–H groups in total. The quantitative estimate of drug-likeness (QED) is 0.464. The van der Waals surface area contributed by atoms with Crippen LogP contribution in [-0.2, 0) is 9.59 Å². The van der Waals surface area contributed by atoms with Crippen LogP contribution in [0.5, 0.6) is 0 Å². The van der Waals surface area contributed by atoms with Gasteiger partial charge in [-0.25, -0.2) is 0 Å². The number of aliphatic hydroxyl groups is 1. The highest BCUT2D eigenvalue weighted by atomic mass is 16.3. The van der Waals surface area contributed by atoms with Crippen molar-refractivity contribution >= 4 is 23.3 Å². The van der Waals surface area contributed by atoms with Gasteiger partial charge in [-0.3, -0.25) is 19.5 Å². The van der Waals surface area contributed by atoms with Gasteiger partial charge in [0.2, 0.25) is 0 Å². The number of aryl methyl sites for hydroxylation is 1. The van der Waals surface area contributed by atoms with Crippen LogP contribution in [0.3, 0.4) is 0 Å². The molecule has 2 aliphatic rings. The van der Waals surface area contributed by atoms with E-state index in [1.807, 2.05) is 19.1 Å². The number of hydrogen-bond acceptors (Lipinski definition) is 4. The predicted octanol–water partition coefficient (Wildman–Crippen LogP) is 1.09. The Kier molecular flexibility index (Phi) is 2.48. The number of amidine groups is 1. The molecule has 0 bridgehead atoms. The summed E-state index contributed by atoms with van der Waals surface area (Å²) in [6, 6.07) is 7.10. The normalized spacial score (nSPS) is 20.7. The smallest absolute Gasteiger partial charge is 0.300 e. The first kappa shape index (κ1) is 11.6. The Bertz CT molecular complexity index is 641. The van der Waals surface area contributed by atoms with Gasteiger partial charge in [0.25, 0.3) is 5.78 Å². The Morgan fingerprint density at radius 1 is 1.26 bits per heavy atom. The third kappa shape index (κ3) is 1.66. The number of nitrogens with zero attached hydrogens (tertiary/aromatic N) is 2. The van der Waals surface area contributed by atoms with Gasteiger partial charge in [-0.05, 0) is 6.92 Å². The van der Waals surface area contributed by atoms with Gasteiger partial charge in [-0.1, -0.05) is 29.8 Å². The van der Waals surface area contributed by atoms with Crippen molar-refractivity contribution in [2.24, 2.45) is 4.99 Å². The second kappa shape index (κ2) is 4.05. The van der Waals surface area contributed by atoms with Crippen LogP contribution in [0.1, 0.15) is 11.1 Å². The number of carbonyl (C=O) groups is 2. The summed E-state index contributed by atoms with van der Waals surface area (Å²) in [5, 5.41) is 10.2. The first-order valence-electron chi connectivity index (χ1n) is 6.01. The third-order valence-corrected chi connectivity index (χ3v) is 3.29. The summed E-state index contributed by atoms with van der Waals surface area (Å²) in [4.78, 5) is 29.1. The molecule has 0 radical (unpaired) electrons. The van der Waals surface area contributed by atoms with Crippen LogP contribution < -0.4 is 0 Å². The monoisotopic (exact) mass is 256 g/mol. The van der Waals surface area contributed by atoms with Gasteiger partial charge in [0, 0.05) is 12.1 Å². The minimum absolute atomic E-state index is 0.0198. The Morgan fingerprint density at radius 2 is 1.95 bits per heavy atom. The molecule has 1 fully saturated rings. The Balaban J connectivity index is 2.13. The average molecular weight is 256 g/mol. The van der Waals surface area contributed by atoms with Crippen LogP contribution in [-0.4, -0.2) is 40.6 Å². The van der Waals surface area contributed by atoms with Crippen LogP contribution >= 0.6 is 0 Å². The Hall–Kier alpha value is -2.43. The van der Waals surface area contributed by atoms with E-state index in [0.717, 1.165) is 5.56 Å². The van der Waals surface area contributed by atoms with Gasteiger partial charge in [0.05, 0.1) is 6.54 Å². The molecule has 19 heavy (non-hydrogen) atoms. The maximum absolute atomic E-state index is 11.9. The summed E-state index contributed by atoms with van der Waals surface area (Å²) < 4.78 is 0. The SMILES string of the molecule is Cc1ccc(/C(O)=C2/C(=O)C(=O)N3CCN=C23)cc1. The fraction of sp³-hybridized carbons (Fsp3) is 0.214. The van der Waals surface area contributed by atoms with Crippen molar-refractivity contribution in [2.45, 2.75) is 6.92 Å². The topological polar surface area (TPSA) is 70.0 Å². The lowest BCUT2D eigenvalue weighted by molar-refractivity contribution is -0.138. The van der Waals surface area contributed by atoms with Crippen LogP contribution in [0.25, 0.3) is 5.76 Å². The highest BCUT2D eigenvalue weighted by molar-refractivity contribution is 6.59. The van der Waals surface area contributed by atoms with E-state index >= 15 is 0 Å². The van der Waals surface area contributed by atoms with E-state index < -0.39 is 11.7 Å². The van der Waals surface area contributed by atoms with Gasteiger partial charge in [0.15, 0.2) is 0 Å². The molecule has 0 unspecified atom stereocenters. The van der Waals surface area contributed by atoms with Crippen molar-refractivity contribution < 1.29 is 14.7 Å². The van der Waals surface area contributed by atoms with E-state index in [0.29, 0.717) is 24.5 Å². The van der Waals surface area contributed by atoms with Crippen molar-refractivity contribution in [1.82, 2.24) is 4.90 Å². The van der Waals surface area contributed by atoms with Gasteiger partial charge < -0.3 is 5.11 Å². The van der Waals surface area contributed by atoms with Crippen LogP contribution in [0.2, 0.25) is 0 Å². The molecule has 0 aromatic heterocycles. The predicted molar refractivity (Wildman–Crippen MR) is 69.7 cm³/mol. The van der Waals surface area contributed by atoms with Crippen LogP contribution in [0.4, 0.5) is 0 Å². The van der Waals surface area contributed by atoms with Crippen molar-refractivity contribution in [1.29, 1.82) is 0 Å². The third-order valence-electron chi connectivity index (χ3n) is 3.29. The second-order valence-electron chi connectivity index (χ2n) is 4.58. The lowest BCUT2D eigenvalue weighted by Gasteiger charge is -2.07. The molecule has 0 spiro atoms. The van der Waals surface area contributed by atoms with E-state index in [1.165, 1.54) is 4.90 Å². The zero-order valence-corrected chi connectivity index (χ0v) is 10.4. The largest absolute Gasteiger partial charge is 0.506 e. The molecule has 2 aliphatic heterocycles. The number of aliphatic imine (C=N–C) groups is 1. The van der Waals surface area contributed by atoms with Gasteiger partial charge in [0.1, 0.15) is 17.2 Å². The van der Waals surface area contributed by atoms with E-state index in [2.05, 4.69) is 4.99 Å². The van der Waals surface area contributed by atoms with Crippen molar-refractivity contribution in [3.63, 3.8) is 0 Å². The Labute approximate surface area is 109 Å². The number of rotatable bonds is 1. The molecular formula is C14H12N2O3. The van der Waals surface area contributed by atoms with E-state index in [4.69, 9.17) is 0 Å². The summed E-state index contributed by atoms with van der Waals surface area (Å²) in [5.74, 6) is -1.17. The molecule has 3 rings (SSSR count). The van der Waals surface area contributed by atoms with Gasteiger partial charge in [-0.15, -0.1) is 0 Å². The molecular weight excluding hydrogens is 244 g/mol. The van der Waals surface area contributed by atoms with Crippen molar-refractivity contribution in [2.75, 3.05) is 13.1 Å². The van der Waals surface area contributed by atoms with Gasteiger partial charge in [-0.2, -0.15) is 0 Å². The highest BCUT2D eigenvalue weighted by Crippen LogP contribution is 2.27. The molecule has 1 amide bonds. The number of carbonyl (C=O) groups excluding carboxylic acids is 2. The second-order valence-corrected chi connectivity index (χ2v) is 4.58. The first-order chi connectivity index (χ1) is 9.09. The van der Waals surface area contributed by atoms with Crippen molar-refractivity contribution in [3.8, 4) is 0 Å². The zero-order chi connectivity index (χ0) is 13.6. The minimum atomic E-state index is -0.684. The highest BCUT2D eigenvalue weighted by Gasteiger charge is 2.44. The zero-order valence-electron chi connectivity index (χ0n) is 10.4. The molecule has 0 aliphatic carbocycles. The summed E-state index contributed by atoms with van der Waals surface area (Å²) in [5.41, 5.74) is 1.58. The Morgan fingerprint density at radius 3 is 2.63 bits per heavy atom. The number of Topliss-reactive ketones (excluding diaryl/α,β-unsaturated/α-hetero) is 1. The maximum Gasteiger partial charge on any atom is 0.300 e. The van der Waals surface area contributed by atoms with Crippen LogP contribution in [0, 0.1) is 6.92 Å². The molecule has 2 heterocycles. The first-order valence-corrected chi connectivity index (χ1v) is 6.01.